The Bertz CT molecular complexity index is 522. The van der Waals surface area contributed by atoms with Gasteiger partial charge in [-0.3, -0.25) is 14.9 Å². The lowest BCUT2D eigenvalue weighted by Gasteiger charge is -2.33. The summed E-state index contributed by atoms with van der Waals surface area (Å²) in [6.45, 7) is 5.22. The molecule has 0 heterocycles. The first-order chi connectivity index (χ1) is 10.0. The van der Waals surface area contributed by atoms with Crippen LogP contribution in [0.15, 0.2) is 18.2 Å². The molecular weight excluding hydrogens is 268 g/mol. The second-order valence-corrected chi connectivity index (χ2v) is 6.10. The summed E-state index contributed by atoms with van der Waals surface area (Å²) in [5.41, 5.74) is 0.956. The Morgan fingerprint density at radius 1 is 1.38 bits per heavy atom. The van der Waals surface area contributed by atoms with Gasteiger partial charge in [0, 0.05) is 24.3 Å². The fourth-order valence-corrected chi connectivity index (χ4v) is 3.06. The van der Waals surface area contributed by atoms with E-state index in [9.17, 15) is 14.9 Å². The van der Waals surface area contributed by atoms with E-state index in [4.69, 9.17) is 0 Å². The molecule has 0 aliphatic heterocycles. The van der Waals surface area contributed by atoms with Crippen molar-refractivity contribution in [2.24, 2.45) is 5.92 Å². The van der Waals surface area contributed by atoms with Crippen LogP contribution in [0.1, 0.15) is 49.9 Å². The Morgan fingerprint density at radius 3 is 2.57 bits per heavy atom. The first kappa shape index (κ1) is 15.5. The average Bonchev–Trinajstić information content (AvgIpc) is 2.97. The fourth-order valence-electron chi connectivity index (χ4n) is 3.06. The lowest BCUT2D eigenvalue weighted by Crippen LogP contribution is -2.36. The number of hydrogen-bond acceptors (Lipinski definition) is 4. The van der Waals surface area contributed by atoms with Crippen LogP contribution < -0.4 is 4.90 Å². The summed E-state index contributed by atoms with van der Waals surface area (Å²) in [5.74, 6) is 0.500. The third-order valence-electron chi connectivity index (χ3n) is 3.99. The van der Waals surface area contributed by atoms with Crippen molar-refractivity contribution in [2.75, 3.05) is 11.4 Å². The van der Waals surface area contributed by atoms with Crippen LogP contribution in [-0.2, 0) is 0 Å². The SMILES string of the molecule is CC(C)CN(c1ccc([N+](=O)[O-])c(C=O)c1)C1CCCC1. The summed E-state index contributed by atoms with van der Waals surface area (Å²) >= 11 is 0. The number of hydrogen-bond donors (Lipinski definition) is 0. The second kappa shape index (κ2) is 6.70. The molecule has 0 aromatic heterocycles. The van der Waals surface area contributed by atoms with Crippen LogP contribution in [0.2, 0.25) is 0 Å². The molecule has 0 saturated heterocycles. The van der Waals surface area contributed by atoms with Crippen molar-refractivity contribution >= 4 is 17.7 Å². The van der Waals surface area contributed by atoms with Gasteiger partial charge in [-0.05, 0) is 30.9 Å². The molecule has 1 aromatic rings. The van der Waals surface area contributed by atoms with Gasteiger partial charge in [0.1, 0.15) is 0 Å². The molecule has 5 heteroatoms. The minimum Gasteiger partial charge on any atom is -0.368 e. The van der Waals surface area contributed by atoms with Gasteiger partial charge in [0.15, 0.2) is 6.29 Å². The normalized spacial score (nSPS) is 15.4. The minimum atomic E-state index is -0.504. The van der Waals surface area contributed by atoms with Crippen LogP contribution in [0.4, 0.5) is 11.4 Å². The molecule has 114 valence electrons. The molecule has 21 heavy (non-hydrogen) atoms. The van der Waals surface area contributed by atoms with Gasteiger partial charge < -0.3 is 4.90 Å². The number of carbonyl (C=O) groups excluding carboxylic acids is 1. The number of benzene rings is 1. The Balaban J connectivity index is 2.34. The number of nitro benzene ring substituents is 1. The first-order valence-electron chi connectivity index (χ1n) is 7.53. The molecule has 2 rings (SSSR count). The summed E-state index contributed by atoms with van der Waals surface area (Å²) < 4.78 is 0. The van der Waals surface area contributed by atoms with Gasteiger partial charge in [0.25, 0.3) is 5.69 Å². The highest BCUT2D eigenvalue weighted by Crippen LogP contribution is 2.31. The van der Waals surface area contributed by atoms with Crippen LogP contribution in [0, 0.1) is 16.0 Å². The molecule has 1 aliphatic carbocycles. The van der Waals surface area contributed by atoms with Crippen LogP contribution in [0.5, 0.6) is 0 Å². The van der Waals surface area contributed by atoms with E-state index < -0.39 is 4.92 Å². The van der Waals surface area contributed by atoms with Crippen LogP contribution >= 0.6 is 0 Å². The zero-order valence-electron chi connectivity index (χ0n) is 12.6. The third kappa shape index (κ3) is 3.60. The first-order valence-corrected chi connectivity index (χ1v) is 7.53. The van der Waals surface area contributed by atoms with Crippen molar-refractivity contribution < 1.29 is 9.72 Å². The van der Waals surface area contributed by atoms with Crippen molar-refractivity contribution in [2.45, 2.75) is 45.6 Å². The Labute approximate surface area is 125 Å². The second-order valence-electron chi connectivity index (χ2n) is 6.10. The highest BCUT2D eigenvalue weighted by molar-refractivity contribution is 5.83. The van der Waals surface area contributed by atoms with E-state index >= 15 is 0 Å². The molecule has 0 amide bonds. The molecule has 1 saturated carbocycles. The maximum Gasteiger partial charge on any atom is 0.280 e. The number of nitro groups is 1. The zero-order chi connectivity index (χ0) is 15.4. The fraction of sp³-hybridized carbons (Fsp3) is 0.562. The lowest BCUT2D eigenvalue weighted by molar-refractivity contribution is -0.385. The lowest BCUT2D eigenvalue weighted by atomic mass is 10.1. The minimum absolute atomic E-state index is 0.121. The molecule has 0 N–H and O–H groups in total. The predicted octanol–water partition coefficient (Wildman–Crippen LogP) is 3.81. The van der Waals surface area contributed by atoms with Crippen molar-refractivity contribution in [1.29, 1.82) is 0 Å². The molecule has 5 nitrogen and oxygen atoms in total. The van der Waals surface area contributed by atoms with Crippen LogP contribution in [-0.4, -0.2) is 23.8 Å². The van der Waals surface area contributed by atoms with Gasteiger partial charge in [-0.2, -0.15) is 0 Å². The third-order valence-corrected chi connectivity index (χ3v) is 3.99. The number of aldehydes is 1. The van der Waals surface area contributed by atoms with E-state index in [0.717, 1.165) is 25.1 Å². The van der Waals surface area contributed by atoms with Crippen LogP contribution in [0.25, 0.3) is 0 Å². The van der Waals surface area contributed by atoms with Gasteiger partial charge >= 0.3 is 0 Å². The molecule has 1 fully saturated rings. The van der Waals surface area contributed by atoms with Gasteiger partial charge in [0.2, 0.25) is 0 Å². The smallest absolute Gasteiger partial charge is 0.280 e. The molecule has 1 aromatic carbocycles. The summed E-state index contributed by atoms with van der Waals surface area (Å²) in [4.78, 5) is 23.9. The van der Waals surface area contributed by atoms with Gasteiger partial charge in [-0.1, -0.05) is 26.7 Å². The summed E-state index contributed by atoms with van der Waals surface area (Å²) in [6.07, 6.45) is 5.34. The summed E-state index contributed by atoms with van der Waals surface area (Å²) in [7, 11) is 0. The van der Waals surface area contributed by atoms with Gasteiger partial charge in [-0.25, -0.2) is 0 Å². The zero-order valence-corrected chi connectivity index (χ0v) is 12.6. The topological polar surface area (TPSA) is 63.4 Å². The van der Waals surface area contributed by atoms with Gasteiger partial charge in [-0.15, -0.1) is 0 Å². The molecular formula is C16H22N2O3. The molecule has 1 aliphatic rings. The number of rotatable bonds is 6. The number of anilines is 1. The Kier molecular flexibility index (Phi) is 4.94. The monoisotopic (exact) mass is 290 g/mol. The van der Waals surface area contributed by atoms with Gasteiger partial charge in [0.05, 0.1) is 10.5 Å². The molecule has 0 spiro atoms. The van der Waals surface area contributed by atoms with E-state index in [1.807, 2.05) is 0 Å². The number of carbonyl (C=O) groups is 1. The van der Waals surface area contributed by atoms with Crippen molar-refractivity contribution in [3.63, 3.8) is 0 Å². The average molecular weight is 290 g/mol. The largest absolute Gasteiger partial charge is 0.368 e. The maximum atomic E-state index is 11.1. The molecule has 0 bridgehead atoms. The van der Waals surface area contributed by atoms with E-state index in [0.29, 0.717) is 18.2 Å². The molecule has 0 radical (unpaired) electrons. The molecule has 0 atom stereocenters. The van der Waals surface area contributed by atoms with E-state index in [1.54, 1.807) is 12.1 Å². The highest BCUT2D eigenvalue weighted by Gasteiger charge is 2.25. The Hall–Kier alpha value is -1.91. The standard InChI is InChI=1S/C16H22N2O3/c1-12(2)10-17(14-5-3-4-6-14)15-7-8-16(18(20)21)13(9-15)11-19/h7-9,11-12,14H,3-6,10H2,1-2H3. The summed E-state index contributed by atoms with van der Waals surface area (Å²) in [6, 6.07) is 5.35. The van der Waals surface area contributed by atoms with E-state index in [1.165, 1.54) is 18.9 Å². The van der Waals surface area contributed by atoms with Crippen molar-refractivity contribution in [3.8, 4) is 0 Å². The van der Waals surface area contributed by atoms with Crippen molar-refractivity contribution in [1.82, 2.24) is 0 Å². The van der Waals surface area contributed by atoms with E-state index in [-0.39, 0.29) is 11.3 Å². The highest BCUT2D eigenvalue weighted by atomic mass is 16.6. The maximum absolute atomic E-state index is 11.1. The Morgan fingerprint density at radius 2 is 2.05 bits per heavy atom. The predicted molar refractivity (Wildman–Crippen MR) is 82.9 cm³/mol. The number of nitrogens with zero attached hydrogens (tertiary/aromatic N) is 2. The molecule has 0 unspecified atom stereocenters. The summed E-state index contributed by atoms with van der Waals surface area (Å²) in [5, 5.41) is 10.9. The van der Waals surface area contributed by atoms with Crippen LogP contribution in [0.3, 0.4) is 0 Å². The van der Waals surface area contributed by atoms with Crippen molar-refractivity contribution in [3.05, 3.63) is 33.9 Å². The van der Waals surface area contributed by atoms with E-state index in [2.05, 4.69) is 18.7 Å². The quantitative estimate of drug-likeness (QED) is 0.454.